The second-order valence-electron chi connectivity index (χ2n) is 5.32. The lowest BCUT2D eigenvalue weighted by Gasteiger charge is -2.35. The van der Waals surface area contributed by atoms with Crippen molar-refractivity contribution in [2.75, 3.05) is 13.1 Å². The van der Waals surface area contributed by atoms with E-state index >= 15 is 0 Å². The molecular weight excluding hydrogens is 234 g/mol. The van der Waals surface area contributed by atoms with Gasteiger partial charge in [0, 0.05) is 19.0 Å². The van der Waals surface area contributed by atoms with Gasteiger partial charge in [0.25, 0.3) is 0 Å². The Hall–Kier alpha value is -1.10. The number of aliphatic hydroxyl groups is 1. The summed E-state index contributed by atoms with van der Waals surface area (Å²) in [5, 5.41) is 18.4. The van der Waals surface area contributed by atoms with Crippen LogP contribution in [0.15, 0.2) is 0 Å². The van der Waals surface area contributed by atoms with Gasteiger partial charge in [-0.2, -0.15) is 0 Å². The van der Waals surface area contributed by atoms with E-state index in [-0.39, 0.29) is 17.9 Å². The summed E-state index contributed by atoms with van der Waals surface area (Å²) in [5.74, 6) is -1.93. The van der Waals surface area contributed by atoms with Crippen LogP contribution in [0, 0.1) is 17.8 Å². The number of carboxylic acids is 1. The molecule has 1 saturated heterocycles. The first-order valence-electron chi connectivity index (χ1n) is 6.54. The van der Waals surface area contributed by atoms with Crippen molar-refractivity contribution in [2.24, 2.45) is 17.8 Å². The third kappa shape index (κ3) is 3.45. The van der Waals surface area contributed by atoms with Gasteiger partial charge < -0.3 is 15.1 Å². The van der Waals surface area contributed by atoms with Gasteiger partial charge in [0.2, 0.25) is 5.91 Å². The molecule has 1 fully saturated rings. The van der Waals surface area contributed by atoms with Gasteiger partial charge in [0.1, 0.15) is 0 Å². The van der Waals surface area contributed by atoms with Crippen LogP contribution in [0.25, 0.3) is 0 Å². The molecule has 0 bridgehead atoms. The summed E-state index contributed by atoms with van der Waals surface area (Å²) in [6.07, 6.45) is 1.24. The minimum absolute atomic E-state index is 0.0889. The topological polar surface area (TPSA) is 77.8 Å². The van der Waals surface area contributed by atoms with Crippen LogP contribution in [-0.2, 0) is 9.59 Å². The van der Waals surface area contributed by atoms with Crippen molar-refractivity contribution in [3.05, 3.63) is 0 Å². The van der Waals surface area contributed by atoms with E-state index in [1.54, 1.807) is 25.7 Å². The highest BCUT2D eigenvalue weighted by molar-refractivity contribution is 5.84. The summed E-state index contributed by atoms with van der Waals surface area (Å²) in [6, 6.07) is 0. The lowest BCUT2D eigenvalue weighted by molar-refractivity contribution is -0.149. The average Bonchev–Trinajstić information content (AvgIpc) is 2.36. The molecule has 0 aromatic carbocycles. The highest BCUT2D eigenvalue weighted by Crippen LogP contribution is 2.23. The maximum Gasteiger partial charge on any atom is 0.307 e. The molecule has 3 unspecified atom stereocenters. The third-order valence-corrected chi connectivity index (χ3v) is 4.06. The molecule has 5 heteroatoms. The second-order valence-corrected chi connectivity index (χ2v) is 5.32. The summed E-state index contributed by atoms with van der Waals surface area (Å²) in [4.78, 5) is 24.7. The first-order chi connectivity index (χ1) is 8.34. The van der Waals surface area contributed by atoms with E-state index in [1.165, 1.54) is 0 Å². The van der Waals surface area contributed by atoms with Gasteiger partial charge in [-0.15, -0.1) is 0 Å². The Morgan fingerprint density at radius 2 is 1.61 bits per heavy atom. The molecule has 1 rings (SSSR count). The van der Waals surface area contributed by atoms with Crippen molar-refractivity contribution in [2.45, 2.75) is 39.7 Å². The van der Waals surface area contributed by atoms with Crippen LogP contribution in [0.2, 0.25) is 0 Å². The number of carboxylic acid groups (broad SMARTS) is 1. The SMILES string of the molecule is CC(O)C1CCN(C(=O)C(C)C(C)C(=O)O)CC1. The first kappa shape index (κ1) is 15.0. The van der Waals surface area contributed by atoms with E-state index in [2.05, 4.69) is 0 Å². The normalized spacial score (nSPS) is 22.3. The van der Waals surface area contributed by atoms with Crippen molar-refractivity contribution in [1.82, 2.24) is 4.90 Å². The number of hydrogen-bond donors (Lipinski definition) is 2. The third-order valence-electron chi connectivity index (χ3n) is 4.06. The van der Waals surface area contributed by atoms with Gasteiger partial charge in [0.15, 0.2) is 0 Å². The molecule has 3 atom stereocenters. The van der Waals surface area contributed by atoms with E-state index in [0.717, 1.165) is 12.8 Å². The quantitative estimate of drug-likeness (QED) is 0.786. The molecule has 0 saturated carbocycles. The Labute approximate surface area is 108 Å². The van der Waals surface area contributed by atoms with Crippen LogP contribution < -0.4 is 0 Å². The van der Waals surface area contributed by atoms with Crippen molar-refractivity contribution < 1.29 is 19.8 Å². The molecular formula is C13H23NO4. The average molecular weight is 257 g/mol. The van der Waals surface area contributed by atoms with Gasteiger partial charge in [-0.25, -0.2) is 0 Å². The zero-order valence-electron chi connectivity index (χ0n) is 11.3. The molecule has 5 nitrogen and oxygen atoms in total. The number of amides is 1. The fourth-order valence-corrected chi connectivity index (χ4v) is 2.32. The monoisotopic (exact) mass is 257 g/mol. The fourth-order valence-electron chi connectivity index (χ4n) is 2.32. The van der Waals surface area contributed by atoms with Crippen LogP contribution in [-0.4, -0.2) is 46.2 Å². The summed E-state index contributed by atoms with van der Waals surface area (Å²) in [5.41, 5.74) is 0. The number of carbonyl (C=O) groups excluding carboxylic acids is 1. The van der Waals surface area contributed by atoms with E-state index < -0.39 is 17.8 Å². The summed E-state index contributed by atoms with van der Waals surface area (Å²) < 4.78 is 0. The number of rotatable bonds is 4. The molecule has 0 aromatic heterocycles. The smallest absolute Gasteiger partial charge is 0.307 e. The lowest BCUT2D eigenvalue weighted by atomic mass is 9.89. The van der Waals surface area contributed by atoms with Crippen LogP contribution in [0.4, 0.5) is 0 Å². The van der Waals surface area contributed by atoms with Crippen LogP contribution in [0.5, 0.6) is 0 Å². The zero-order chi connectivity index (χ0) is 13.9. The van der Waals surface area contributed by atoms with Gasteiger partial charge in [-0.1, -0.05) is 13.8 Å². The highest BCUT2D eigenvalue weighted by Gasteiger charge is 2.32. The maximum absolute atomic E-state index is 12.1. The zero-order valence-corrected chi connectivity index (χ0v) is 11.3. The number of aliphatic hydroxyl groups excluding tert-OH is 1. The van der Waals surface area contributed by atoms with Crippen molar-refractivity contribution in [1.29, 1.82) is 0 Å². The van der Waals surface area contributed by atoms with Gasteiger partial charge >= 0.3 is 5.97 Å². The number of piperidine rings is 1. The minimum atomic E-state index is -0.935. The standard InChI is InChI=1S/C13H23NO4/c1-8(9(2)13(17)18)12(16)14-6-4-11(5-7-14)10(3)15/h8-11,15H,4-7H2,1-3H3,(H,17,18). The maximum atomic E-state index is 12.1. The molecule has 0 radical (unpaired) electrons. The van der Waals surface area contributed by atoms with Gasteiger partial charge in [-0.3, -0.25) is 9.59 Å². The van der Waals surface area contributed by atoms with Crippen molar-refractivity contribution >= 4 is 11.9 Å². The van der Waals surface area contributed by atoms with E-state index in [0.29, 0.717) is 13.1 Å². The summed E-state index contributed by atoms with van der Waals surface area (Å²) >= 11 is 0. The number of aliphatic carboxylic acids is 1. The predicted molar refractivity (Wildman–Crippen MR) is 66.9 cm³/mol. The Morgan fingerprint density at radius 3 is 2.00 bits per heavy atom. The molecule has 0 aliphatic carbocycles. The fraction of sp³-hybridized carbons (Fsp3) is 0.846. The van der Waals surface area contributed by atoms with Crippen LogP contribution in [0.1, 0.15) is 33.6 Å². The van der Waals surface area contributed by atoms with E-state index in [1.807, 2.05) is 0 Å². The van der Waals surface area contributed by atoms with Crippen molar-refractivity contribution in [3.8, 4) is 0 Å². The number of carbonyl (C=O) groups is 2. The largest absolute Gasteiger partial charge is 0.481 e. The first-order valence-corrected chi connectivity index (χ1v) is 6.54. The Kier molecular flexibility index (Phi) is 5.14. The van der Waals surface area contributed by atoms with Gasteiger partial charge in [0.05, 0.1) is 12.0 Å². The Balaban J connectivity index is 2.52. The molecule has 0 aromatic rings. The molecule has 1 aliphatic rings. The summed E-state index contributed by atoms with van der Waals surface area (Å²) in [6.45, 7) is 6.24. The van der Waals surface area contributed by atoms with Gasteiger partial charge in [-0.05, 0) is 25.7 Å². The predicted octanol–water partition coefficient (Wildman–Crippen LogP) is 0.963. The summed E-state index contributed by atoms with van der Waals surface area (Å²) in [7, 11) is 0. The van der Waals surface area contributed by atoms with Crippen LogP contribution >= 0.6 is 0 Å². The highest BCUT2D eigenvalue weighted by atomic mass is 16.4. The minimum Gasteiger partial charge on any atom is -0.481 e. The van der Waals surface area contributed by atoms with E-state index in [9.17, 15) is 14.7 Å². The molecule has 1 aliphatic heterocycles. The number of likely N-dealkylation sites (tertiary alicyclic amines) is 1. The molecule has 104 valence electrons. The Bertz CT molecular complexity index is 308. The Morgan fingerprint density at radius 1 is 1.11 bits per heavy atom. The van der Waals surface area contributed by atoms with Crippen molar-refractivity contribution in [3.63, 3.8) is 0 Å². The molecule has 1 heterocycles. The molecule has 1 amide bonds. The number of hydrogen-bond acceptors (Lipinski definition) is 3. The number of nitrogens with zero attached hydrogens (tertiary/aromatic N) is 1. The molecule has 0 spiro atoms. The second kappa shape index (κ2) is 6.18. The van der Waals surface area contributed by atoms with E-state index in [4.69, 9.17) is 5.11 Å². The van der Waals surface area contributed by atoms with Crippen LogP contribution in [0.3, 0.4) is 0 Å². The molecule has 2 N–H and O–H groups in total. The molecule has 18 heavy (non-hydrogen) atoms. The lowest BCUT2D eigenvalue weighted by Crippen LogP contribution is -2.44.